The van der Waals surface area contributed by atoms with Gasteiger partial charge < -0.3 is 4.74 Å². The molecule has 1 rings (SSSR count). The minimum absolute atomic E-state index is 0.736. The molecule has 7 heavy (non-hydrogen) atoms. The molecule has 0 spiro atoms. The van der Waals surface area contributed by atoms with Crippen molar-refractivity contribution in [1.82, 2.24) is 0 Å². The summed E-state index contributed by atoms with van der Waals surface area (Å²) in [6, 6.07) is 0. The van der Waals surface area contributed by atoms with Crippen molar-refractivity contribution in [2.24, 2.45) is 10.2 Å². The lowest BCUT2D eigenvalue weighted by atomic mass is 10.7. The van der Waals surface area contributed by atoms with Gasteiger partial charge in [-0.15, -0.1) is 0 Å². The number of hydrogen-bond acceptors (Lipinski definition) is 3. The van der Waals surface area contributed by atoms with Crippen molar-refractivity contribution in [2.45, 2.75) is 0 Å². The zero-order chi connectivity index (χ0) is 4.95. The first-order chi connectivity index (χ1) is 3.50. The fraction of sp³-hybridized carbons (Fsp3) is 1.00. The van der Waals surface area contributed by atoms with Crippen LogP contribution in [0, 0.1) is 0 Å². The third-order valence-corrected chi connectivity index (χ3v) is 0.771. The van der Waals surface area contributed by atoms with Gasteiger partial charge in [0.1, 0.15) is 0 Å². The number of azo groups is 1. The van der Waals surface area contributed by atoms with Gasteiger partial charge in [-0.1, -0.05) is 0 Å². The van der Waals surface area contributed by atoms with Gasteiger partial charge in [-0.05, 0) is 0 Å². The Hall–Kier alpha value is -0.440. The molecule has 0 unspecified atom stereocenters. The highest BCUT2D eigenvalue weighted by Crippen LogP contribution is 1.85. The first-order valence-electron chi connectivity index (χ1n) is 2.41. The Morgan fingerprint density at radius 1 is 1.00 bits per heavy atom. The highest BCUT2D eigenvalue weighted by Gasteiger charge is 1.89. The van der Waals surface area contributed by atoms with Crippen LogP contribution in [0.1, 0.15) is 0 Å². The SMILES string of the molecule is C1COCCN=N1. The van der Waals surface area contributed by atoms with Crippen molar-refractivity contribution in [2.75, 3.05) is 26.3 Å². The molecule has 0 aromatic rings. The summed E-state index contributed by atoms with van der Waals surface area (Å²) in [6.07, 6.45) is 0. The van der Waals surface area contributed by atoms with Gasteiger partial charge in [-0.2, -0.15) is 10.2 Å². The van der Waals surface area contributed by atoms with Crippen molar-refractivity contribution in [3.8, 4) is 0 Å². The molecule has 1 heterocycles. The van der Waals surface area contributed by atoms with Crippen LogP contribution >= 0.6 is 0 Å². The molecule has 0 atom stereocenters. The van der Waals surface area contributed by atoms with Crippen LogP contribution in [0.5, 0.6) is 0 Å². The Labute approximate surface area is 42.4 Å². The van der Waals surface area contributed by atoms with E-state index in [-0.39, 0.29) is 0 Å². The normalized spacial score (nSPS) is 21.7. The molecule has 0 aromatic carbocycles. The quantitative estimate of drug-likeness (QED) is 0.435. The second kappa shape index (κ2) is 2.69. The van der Waals surface area contributed by atoms with Crippen molar-refractivity contribution in [1.29, 1.82) is 0 Å². The van der Waals surface area contributed by atoms with Crippen molar-refractivity contribution < 1.29 is 4.74 Å². The summed E-state index contributed by atoms with van der Waals surface area (Å²) in [4.78, 5) is 0. The highest BCUT2D eigenvalue weighted by molar-refractivity contribution is 4.44. The van der Waals surface area contributed by atoms with Gasteiger partial charge in [-0.3, -0.25) is 0 Å². The Bertz CT molecular complexity index is 64.1. The van der Waals surface area contributed by atoms with Gasteiger partial charge in [0.15, 0.2) is 0 Å². The van der Waals surface area contributed by atoms with E-state index in [0.717, 1.165) is 26.3 Å². The van der Waals surface area contributed by atoms with E-state index in [2.05, 4.69) is 10.2 Å². The second-order valence-corrected chi connectivity index (χ2v) is 1.34. The maximum absolute atomic E-state index is 5.01. The van der Waals surface area contributed by atoms with Crippen LogP contribution in [0.3, 0.4) is 0 Å². The molecule has 1 aliphatic heterocycles. The van der Waals surface area contributed by atoms with Gasteiger partial charge in [0.25, 0.3) is 0 Å². The number of rotatable bonds is 0. The van der Waals surface area contributed by atoms with Crippen LogP contribution in [0.2, 0.25) is 0 Å². The summed E-state index contributed by atoms with van der Waals surface area (Å²) >= 11 is 0. The summed E-state index contributed by atoms with van der Waals surface area (Å²) < 4.78 is 5.01. The minimum Gasteiger partial charge on any atom is -0.377 e. The molecule has 0 aromatic heterocycles. The molecule has 0 fully saturated rings. The maximum atomic E-state index is 5.01. The third-order valence-electron chi connectivity index (χ3n) is 0.771. The molecule has 3 nitrogen and oxygen atoms in total. The summed E-state index contributed by atoms with van der Waals surface area (Å²) in [7, 11) is 0. The van der Waals surface area contributed by atoms with Gasteiger partial charge >= 0.3 is 0 Å². The molecule has 1 aliphatic rings. The van der Waals surface area contributed by atoms with E-state index in [1.54, 1.807) is 0 Å². The lowest BCUT2D eigenvalue weighted by Crippen LogP contribution is -1.96. The standard InChI is InChI=1S/C4H8N2O/c1-3-7-4-2-6-5-1/h1-4H2. The highest BCUT2D eigenvalue weighted by atomic mass is 16.5. The molecule has 0 amide bonds. The van der Waals surface area contributed by atoms with Crippen LogP contribution in [0.25, 0.3) is 0 Å². The topological polar surface area (TPSA) is 34.0 Å². The van der Waals surface area contributed by atoms with Crippen molar-refractivity contribution in [3.63, 3.8) is 0 Å². The average molecular weight is 100 g/mol. The van der Waals surface area contributed by atoms with E-state index in [4.69, 9.17) is 4.74 Å². The van der Waals surface area contributed by atoms with Gasteiger partial charge in [0.05, 0.1) is 26.3 Å². The zero-order valence-electron chi connectivity index (χ0n) is 4.13. The number of nitrogens with zero attached hydrogens (tertiary/aromatic N) is 2. The minimum atomic E-state index is 0.736. The van der Waals surface area contributed by atoms with Crippen LogP contribution < -0.4 is 0 Å². The molecule has 0 saturated carbocycles. The summed E-state index contributed by atoms with van der Waals surface area (Å²) in [6.45, 7) is 2.95. The van der Waals surface area contributed by atoms with E-state index in [1.807, 2.05) is 0 Å². The van der Waals surface area contributed by atoms with E-state index < -0.39 is 0 Å². The fourth-order valence-corrected chi connectivity index (χ4v) is 0.454. The first-order valence-corrected chi connectivity index (χ1v) is 2.41. The Morgan fingerprint density at radius 2 is 1.57 bits per heavy atom. The van der Waals surface area contributed by atoms with Crippen LogP contribution in [0.15, 0.2) is 10.2 Å². The van der Waals surface area contributed by atoms with Crippen LogP contribution in [0.4, 0.5) is 0 Å². The lowest BCUT2D eigenvalue weighted by Gasteiger charge is -1.89. The third kappa shape index (κ3) is 1.64. The Balaban J connectivity index is 2.20. The van der Waals surface area contributed by atoms with E-state index in [1.165, 1.54) is 0 Å². The molecule has 40 valence electrons. The summed E-state index contributed by atoms with van der Waals surface area (Å²) in [5.41, 5.74) is 0. The Kier molecular flexibility index (Phi) is 1.81. The van der Waals surface area contributed by atoms with Gasteiger partial charge in [-0.25, -0.2) is 0 Å². The van der Waals surface area contributed by atoms with E-state index >= 15 is 0 Å². The van der Waals surface area contributed by atoms with Crippen LogP contribution in [-0.4, -0.2) is 26.3 Å². The average Bonchev–Trinajstić information content (AvgIpc) is 1.90. The lowest BCUT2D eigenvalue weighted by molar-refractivity contribution is 0.157. The maximum Gasteiger partial charge on any atom is 0.0832 e. The molecular weight excluding hydrogens is 92.1 g/mol. The van der Waals surface area contributed by atoms with Crippen molar-refractivity contribution in [3.05, 3.63) is 0 Å². The molecule has 0 saturated heterocycles. The van der Waals surface area contributed by atoms with E-state index in [9.17, 15) is 0 Å². The van der Waals surface area contributed by atoms with Crippen molar-refractivity contribution >= 4 is 0 Å². The van der Waals surface area contributed by atoms with Crippen LogP contribution in [-0.2, 0) is 4.74 Å². The predicted octanol–water partition coefficient (Wildman–Crippen LogP) is 0.469. The molecule has 0 bridgehead atoms. The predicted molar refractivity (Wildman–Crippen MR) is 25.4 cm³/mol. The summed E-state index contributed by atoms with van der Waals surface area (Å²) in [5.74, 6) is 0. The number of ether oxygens (including phenoxy) is 1. The largest absolute Gasteiger partial charge is 0.377 e. The summed E-state index contributed by atoms with van der Waals surface area (Å²) in [5, 5.41) is 7.54. The van der Waals surface area contributed by atoms with Gasteiger partial charge in [0, 0.05) is 0 Å². The van der Waals surface area contributed by atoms with Gasteiger partial charge in [0.2, 0.25) is 0 Å². The van der Waals surface area contributed by atoms with E-state index in [0.29, 0.717) is 0 Å². The molecule has 0 N–H and O–H groups in total. The monoisotopic (exact) mass is 100 g/mol. The second-order valence-electron chi connectivity index (χ2n) is 1.34. The first kappa shape index (κ1) is 4.71. The molecular formula is C4H8N2O. The molecule has 0 radical (unpaired) electrons. The molecule has 0 aliphatic carbocycles. The Morgan fingerprint density at radius 3 is 2.14 bits per heavy atom. The smallest absolute Gasteiger partial charge is 0.0832 e. The zero-order valence-corrected chi connectivity index (χ0v) is 4.13. The fourth-order valence-electron chi connectivity index (χ4n) is 0.454. The number of hydrogen-bond donors (Lipinski definition) is 0. The molecule has 3 heteroatoms.